The van der Waals surface area contributed by atoms with Crippen LogP contribution in [0.3, 0.4) is 0 Å². The first-order valence-electron chi connectivity index (χ1n) is 7.40. The molecule has 1 saturated carbocycles. The third-order valence-electron chi connectivity index (χ3n) is 3.92. The van der Waals surface area contributed by atoms with Crippen molar-refractivity contribution in [1.82, 2.24) is 10.2 Å². The summed E-state index contributed by atoms with van der Waals surface area (Å²) in [6, 6.07) is 4.43. The van der Waals surface area contributed by atoms with Crippen molar-refractivity contribution in [3.63, 3.8) is 0 Å². The van der Waals surface area contributed by atoms with Crippen LogP contribution in [0.2, 0.25) is 0 Å². The zero-order chi connectivity index (χ0) is 14.8. The third kappa shape index (κ3) is 5.59. The number of rotatable bonds is 4. The fourth-order valence-electron chi connectivity index (χ4n) is 2.88. The molecule has 20 heavy (non-hydrogen) atoms. The normalized spacial score (nSPS) is 24.4. The zero-order valence-corrected chi connectivity index (χ0v) is 12.3. The minimum absolute atomic E-state index is 0.242. The Labute approximate surface area is 121 Å². The number of carbonyl (C=O) groups excluding carboxylic acids is 1. The van der Waals surface area contributed by atoms with Gasteiger partial charge in [-0.2, -0.15) is 10.5 Å². The van der Waals surface area contributed by atoms with E-state index < -0.39 is 0 Å². The monoisotopic (exact) mass is 276 g/mol. The van der Waals surface area contributed by atoms with Crippen LogP contribution >= 0.6 is 0 Å². The van der Waals surface area contributed by atoms with Crippen LogP contribution in [0.1, 0.15) is 45.4 Å². The maximum Gasteiger partial charge on any atom is 0.236 e. The maximum absolute atomic E-state index is 11.8. The van der Waals surface area contributed by atoms with Gasteiger partial charge in [0.2, 0.25) is 5.91 Å². The second-order valence-electron chi connectivity index (χ2n) is 5.43. The minimum atomic E-state index is 0.242. The van der Waals surface area contributed by atoms with E-state index in [0.29, 0.717) is 24.9 Å². The van der Waals surface area contributed by atoms with Crippen LogP contribution in [0.25, 0.3) is 0 Å². The molecule has 5 nitrogen and oxygen atoms in total. The molecule has 0 bridgehead atoms. The average Bonchev–Trinajstić information content (AvgIpc) is 3.09. The second kappa shape index (κ2) is 9.34. The summed E-state index contributed by atoms with van der Waals surface area (Å²) >= 11 is 0. The summed E-state index contributed by atoms with van der Waals surface area (Å²) in [5.74, 6) is 0.783. The quantitative estimate of drug-likeness (QED) is 0.849. The van der Waals surface area contributed by atoms with Gasteiger partial charge >= 0.3 is 0 Å². The molecule has 1 N–H and O–H groups in total. The van der Waals surface area contributed by atoms with Crippen LogP contribution in [0.5, 0.6) is 0 Å². The summed E-state index contributed by atoms with van der Waals surface area (Å²) < 4.78 is 0. The summed E-state index contributed by atoms with van der Waals surface area (Å²) in [4.78, 5) is 13.8. The first-order valence-corrected chi connectivity index (χ1v) is 7.40. The lowest BCUT2D eigenvalue weighted by molar-refractivity contribution is -0.129. The number of likely N-dealkylation sites (tertiary alicyclic amines) is 1. The zero-order valence-electron chi connectivity index (χ0n) is 12.3. The van der Waals surface area contributed by atoms with Crippen molar-refractivity contribution < 1.29 is 4.79 Å². The average molecular weight is 276 g/mol. The maximum atomic E-state index is 11.8. The molecule has 5 heteroatoms. The van der Waals surface area contributed by atoms with Gasteiger partial charge in [0.15, 0.2) is 0 Å². The van der Waals surface area contributed by atoms with Gasteiger partial charge in [-0.15, -0.1) is 0 Å². The van der Waals surface area contributed by atoms with E-state index in [-0.39, 0.29) is 5.91 Å². The van der Waals surface area contributed by atoms with Gasteiger partial charge in [-0.1, -0.05) is 0 Å². The molecule has 2 aliphatic rings. The molecule has 2 unspecified atom stereocenters. The van der Waals surface area contributed by atoms with E-state index in [0.717, 1.165) is 45.2 Å². The van der Waals surface area contributed by atoms with Gasteiger partial charge in [0, 0.05) is 32.5 Å². The topological polar surface area (TPSA) is 79.9 Å². The number of carbonyl (C=O) groups is 1. The van der Waals surface area contributed by atoms with Gasteiger partial charge in [0.05, 0.1) is 18.7 Å². The van der Waals surface area contributed by atoms with Gasteiger partial charge in [-0.3, -0.25) is 4.79 Å². The second-order valence-corrected chi connectivity index (χ2v) is 5.43. The molecule has 1 aliphatic carbocycles. The molecule has 1 aliphatic heterocycles. The lowest BCUT2D eigenvalue weighted by Gasteiger charge is -2.18. The summed E-state index contributed by atoms with van der Waals surface area (Å²) in [7, 11) is 0. The molecule has 0 aromatic rings. The highest BCUT2D eigenvalue weighted by Gasteiger charge is 2.25. The van der Waals surface area contributed by atoms with Gasteiger partial charge in [0.25, 0.3) is 0 Å². The van der Waals surface area contributed by atoms with Gasteiger partial charge in [-0.25, -0.2) is 0 Å². The Morgan fingerprint density at radius 1 is 1.30 bits per heavy atom. The Morgan fingerprint density at radius 2 is 1.95 bits per heavy atom. The van der Waals surface area contributed by atoms with Crippen molar-refractivity contribution >= 4 is 5.91 Å². The lowest BCUT2D eigenvalue weighted by atomic mass is 10.1. The van der Waals surface area contributed by atoms with E-state index in [1.807, 2.05) is 4.90 Å². The van der Waals surface area contributed by atoms with Crippen LogP contribution in [0.15, 0.2) is 0 Å². The molecule has 1 amide bonds. The van der Waals surface area contributed by atoms with Crippen LogP contribution < -0.4 is 5.32 Å². The Balaban J connectivity index is 0.000000612. The van der Waals surface area contributed by atoms with E-state index in [9.17, 15) is 4.79 Å². The molecule has 2 fully saturated rings. The van der Waals surface area contributed by atoms with Crippen molar-refractivity contribution in [2.75, 3.05) is 19.6 Å². The summed E-state index contributed by atoms with van der Waals surface area (Å²) in [6.45, 7) is 3.77. The predicted molar refractivity (Wildman–Crippen MR) is 76.5 cm³/mol. The van der Waals surface area contributed by atoms with E-state index in [4.69, 9.17) is 10.5 Å². The molecular weight excluding hydrogens is 252 g/mol. The van der Waals surface area contributed by atoms with Crippen molar-refractivity contribution in [3.8, 4) is 12.1 Å². The number of nitrogens with one attached hydrogen (secondary N) is 1. The molecule has 110 valence electrons. The SMILES string of the molecule is CC#N.N#CCC1CCC(NCC(=O)N2CCCC2)C1. The first kappa shape index (κ1) is 16.5. The van der Waals surface area contributed by atoms with E-state index >= 15 is 0 Å². The highest BCUT2D eigenvalue weighted by atomic mass is 16.2. The Kier molecular flexibility index (Phi) is 7.69. The molecule has 0 radical (unpaired) electrons. The van der Waals surface area contributed by atoms with Crippen LogP contribution in [-0.4, -0.2) is 36.5 Å². The van der Waals surface area contributed by atoms with Crippen LogP contribution in [0.4, 0.5) is 0 Å². The predicted octanol–water partition coefficient (Wildman–Crippen LogP) is 1.81. The largest absolute Gasteiger partial charge is 0.342 e. The molecule has 0 aromatic heterocycles. The number of hydrogen-bond acceptors (Lipinski definition) is 4. The third-order valence-corrected chi connectivity index (χ3v) is 3.92. The Bertz CT molecular complexity index is 376. The standard InChI is InChI=1S/C13H21N3O.C2H3N/c14-6-5-11-3-4-12(9-11)15-10-13(17)16-7-1-2-8-16;1-2-3/h11-12,15H,1-5,7-10H2;1H3. The molecule has 2 atom stereocenters. The van der Waals surface area contributed by atoms with Crippen LogP contribution in [0, 0.1) is 28.6 Å². The van der Waals surface area contributed by atoms with E-state index in [2.05, 4.69) is 11.4 Å². The van der Waals surface area contributed by atoms with Crippen molar-refractivity contribution in [2.24, 2.45) is 5.92 Å². The van der Waals surface area contributed by atoms with Crippen molar-refractivity contribution in [2.45, 2.75) is 51.5 Å². The number of nitriles is 2. The number of hydrogen-bond donors (Lipinski definition) is 1. The number of amides is 1. The van der Waals surface area contributed by atoms with Crippen molar-refractivity contribution in [3.05, 3.63) is 0 Å². The molecule has 0 spiro atoms. The van der Waals surface area contributed by atoms with Gasteiger partial charge < -0.3 is 10.2 Å². The molecule has 1 heterocycles. The highest BCUT2D eigenvalue weighted by Crippen LogP contribution is 2.27. The van der Waals surface area contributed by atoms with Gasteiger partial charge in [-0.05, 0) is 38.0 Å². The first-order chi connectivity index (χ1) is 9.71. The summed E-state index contributed by atoms with van der Waals surface area (Å²) in [5.41, 5.74) is 0. The van der Waals surface area contributed by atoms with Crippen LogP contribution in [-0.2, 0) is 4.79 Å². The Hall–Kier alpha value is -1.59. The highest BCUT2D eigenvalue weighted by molar-refractivity contribution is 5.78. The van der Waals surface area contributed by atoms with E-state index in [1.165, 1.54) is 6.92 Å². The molecular formula is C15H24N4O. The fourth-order valence-corrected chi connectivity index (χ4v) is 2.88. The summed E-state index contributed by atoms with van der Waals surface area (Å²) in [5, 5.41) is 19.3. The van der Waals surface area contributed by atoms with Crippen molar-refractivity contribution in [1.29, 1.82) is 10.5 Å². The molecule has 0 aromatic carbocycles. The minimum Gasteiger partial charge on any atom is -0.342 e. The smallest absolute Gasteiger partial charge is 0.236 e. The van der Waals surface area contributed by atoms with Gasteiger partial charge in [0.1, 0.15) is 0 Å². The molecule has 2 rings (SSSR count). The molecule has 1 saturated heterocycles. The summed E-state index contributed by atoms with van der Waals surface area (Å²) in [6.07, 6.45) is 6.26. The fraction of sp³-hybridized carbons (Fsp3) is 0.800. The van der Waals surface area contributed by atoms with E-state index in [1.54, 1.807) is 6.07 Å². The Morgan fingerprint density at radius 3 is 2.55 bits per heavy atom. The number of nitrogens with zero attached hydrogens (tertiary/aromatic N) is 3. The lowest BCUT2D eigenvalue weighted by Crippen LogP contribution is -2.39.